The molecule has 0 aliphatic rings. The van der Waals surface area contributed by atoms with Crippen LogP contribution in [0.5, 0.6) is 0 Å². The zero-order chi connectivity index (χ0) is 19.2. The van der Waals surface area contributed by atoms with Gasteiger partial charge in [-0.2, -0.15) is 0 Å². The molecule has 0 unspecified atom stereocenters. The highest BCUT2D eigenvalue weighted by Crippen LogP contribution is 2.18. The molecule has 0 aromatic carbocycles. The number of hydrogen-bond acceptors (Lipinski definition) is 2. The van der Waals surface area contributed by atoms with Crippen LogP contribution in [0.3, 0.4) is 0 Å². The minimum absolute atomic E-state index is 0.0330. The van der Waals surface area contributed by atoms with E-state index in [9.17, 15) is 9.59 Å². The number of aryl methyl sites for hydroxylation is 1. The fourth-order valence-corrected chi connectivity index (χ4v) is 2.66. The summed E-state index contributed by atoms with van der Waals surface area (Å²) in [7, 11) is 1.97. The summed E-state index contributed by atoms with van der Waals surface area (Å²) in [5.41, 5.74) is 0.552. The molecule has 1 aromatic heterocycles. The van der Waals surface area contributed by atoms with Crippen LogP contribution in [0.25, 0.3) is 0 Å². The van der Waals surface area contributed by atoms with E-state index >= 15 is 0 Å². The fourth-order valence-electron chi connectivity index (χ4n) is 2.66. The molecule has 0 bridgehead atoms. The molecule has 140 valence electrons. The SMILES string of the molecule is C=CCN(CC(=O)N(Cc1cccn1C)CC(C)C)C(=O)C(C)(C)C. The smallest absolute Gasteiger partial charge is 0.242 e. The average Bonchev–Trinajstić information content (AvgIpc) is 2.89. The molecule has 0 aliphatic heterocycles. The van der Waals surface area contributed by atoms with Crippen molar-refractivity contribution in [3.8, 4) is 0 Å². The first-order valence-electron chi connectivity index (χ1n) is 8.84. The second kappa shape index (κ2) is 8.88. The molecule has 2 amide bonds. The van der Waals surface area contributed by atoms with Gasteiger partial charge in [-0.05, 0) is 18.1 Å². The topological polar surface area (TPSA) is 45.6 Å². The lowest BCUT2D eigenvalue weighted by atomic mass is 9.94. The molecular formula is C20H33N3O2. The van der Waals surface area contributed by atoms with Crippen LogP contribution in [0.1, 0.15) is 40.3 Å². The van der Waals surface area contributed by atoms with Crippen molar-refractivity contribution in [3.05, 3.63) is 36.7 Å². The lowest BCUT2D eigenvalue weighted by Gasteiger charge is -2.31. The Morgan fingerprint density at radius 2 is 1.92 bits per heavy atom. The van der Waals surface area contributed by atoms with Crippen molar-refractivity contribution in [3.63, 3.8) is 0 Å². The van der Waals surface area contributed by atoms with E-state index in [1.165, 1.54) is 0 Å². The number of amides is 2. The van der Waals surface area contributed by atoms with Crippen molar-refractivity contribution in [2.24, 2.45) is 18.4 Å². The first-order chi connectivity index (χ1) is 11.6. The summed E-state index contributed by atoms with van der Waals surface area (Å²) in [6, 6.07) is 3.99. The summed E-state index contributed by atoms with van der Waals surface area (Å²) in [5.74, 6) is 0.286. The van der Waals surface area contributed by atoms with Gasteiger partial charge in [0.15, 0.2) is 0 Å². The molecule has 5 nitrogen and oxygen atoms in total. The van der Waals surface area contributed by atoms with E-state index in [0.29, 0.717) is 25.6 Å². The normalized spacial score (nSPS) is 11.5. The van der Waals surface area contributed by atoms with Gasteiger partial charge in [0.1, 0.15) is 6.54 Å². The van der Waals surface area contributed by atoms with Crippen molar-refractivity contribution < 1.29 is 9.59 Å². The highest BCUT2D eigenvalue weighted by Gasteiger charge is 2.29. The fraction of sp³-hybridized carbons (Fsp3) is 0.600. The van der Waals surface area contributed by atoms with Crippen LogP contribution < -0.4 is 0 Å². The zero-order valence-electron chi connectivity index (χ0n) is 16.6. The molecule has 0 saturated carbocycles. The summed E-state index contributed by atoms with van der Waals surface area (Å²) in [6.45, 7) is 15.2. The van der Waals surface area contributed by atoms with Crippen LogP contribution in [-0.4, -0.2) is 45.8 Å². The Morgan fingerprint density at radius 1 is 1.28 bits per heavy atom. The third-order valence-corrected chi connectivity index (χ3v) is 3.95. The number of nitrogens with zero attached hydrogens (tertiary/aromatic N) is 3. The first-order valence-corrected chi connectivity index (χ1v) is 8.84. The van der Waals surface area contributed by atoms with Crippen molar-refractivity contribution in [1.82, 2.24) is 14.4 Å². The summed E-state index contributed by atoms with van der Waals surface area (Å²) in [4.78, 5) is 29.0. The van der Waals surface area contributed by atoms with Gasteiger partial charge in [0, 0.05) is 37.4 Å². The summed E-state index contributed by atoms with van der Waals surface area (Å²) >= 11 is 0. The summed E-state index contributed by atoms with van der Waals surface area (Å²) in [5, 5.41) is 0. The van der Waals surface area contributed by atoms with Gasteiger partial charge < -0.3 is 14.4 Å². The van der Waals surface area contributed by atoms with E-state index < -0.39 is 5.41 Å². The summed E-state index contributed by atoms with van der Waals surface area (Å²) in [6.07, 6.45) is 3.64. The molecule has 0 aliphatic carbocycles. The average molecular weight is 348 g/mol. The molecule has 0 radical (unpaired) electrons. The number of aromatic nitrogens is 1. The first kappa shape index (κ1) is 21.0. The van der Waals surface area contributed by atoms with E-state index in [4.69, 9.17) is 0 Å². The molecule has 0 spiro atoms. The number of carbonyl (C=O) groups is 2. The Labute approximate surface area is 152 Å². The van der Waals surface area contributed by atoms with E-state index in [2.05, 4.69) is 20.4 Å². The molecular weight excluding hydrogens is 314 g/mol. The third-order valence-electron chi connectivity index (χ3n) is 3.95. The van der Waals surface area contributed by atoms with Gasteiger partial charge in [0.25, 0.3) is 0 Å². The Morgan fingerprint density at radius 3 is 2.36 bits per heavy atom. The third kappa shape index (κ3) is 6.40. The Bertz CT molecular complexity index is 596. The van der Waals surface area contributed by atoms with Crippen LogP contribution in [0.15, 0.2) is 31.0 Å². The summed E-state index contributed by atoms with van der Waals surface area (Å²) < 4.78 is 2.02. The monoisotopic (exact) mass is 347 g/mol. The molecule has 0 saturated heterocycles. The van der Waals surface area contributed by atoms with Gasteiger partial charge in [-0.3, -0.25) is 9.59 Å². The maximum absolute atomic E-state index is 12.9. The molecule has 1 aromatic rings. The van der Waals surface area contributed by atoms with Crippen LogP contribution in [0.4, 0.5) is 0 Å². The largest absolute Gasteiger partial charge is 0.353 e. The second-order valence-corrected chi connectivity index (χ2v) is 8.00. The highest BCUT2D eigenvalue weighted by molar-refractivity contribution is 5.87. The van der Waals surface area contributed by atoms with Crippen molar-refractivity contribution in [1.29, 1.82) is 0 Å². The minimum Gasteiger partial charge on any atom is -0.353 e. The van der Waals surface area contributed by atoms with Crippen molar-refractivity contribution in [2.45, 2.75) is 41.2 Å². The molecule has 1 heterocycles. The van der Waals surface area contributed by atoms with E-state index in [1.54, 1.807) is 11.0 Å². The Balaban J connectivity index is 2.92. The maximum atomic E-state index is 12.9. The molecule has 1 rings (SSSR count). The van der Waals surface area contributed by atoms with E-state index in [0.717, 1.165) is 5.69 Å². The standard InChI is InChI=1S/C20H33N3O2/c1-8-11-22(19(25)20(4,5)6)15-18(24)23(13-16(2)3)14-17-10-9-12-21(17)7/h8-10,12,16H,1,11,13-15H2,2-7H3. The lowest BCUT2D eigenvalue weighted by Crippen LogP contribution is -2.47. The van der Waals surface area contributed by atoms with Crippen molar-refractivity contribution in [2.75, 3.05) is 19.6 Å². The minimum atomic E-state index is -0.524. The second-order valence-electron chi connectivity index (χ2n) is 8.00. The van der Waals surface area contributed by atoms with Crippen molar-refractivity contribution >= 4 is 11.8 Å². The van der Waals surface area contributed by atoms with Crippen LogP contribution in [0.2, 0.25) is 0 Å². The predicted octanol–water partition coefficient (Wildman–Crippen LogP) is 3.07. The highest BCUT2D eigenvalue weighted by atomic mass is 16.2. The van der Waals surface area contributed by atoms with Gasteiger partial charge in [-0.1, -0.05) is 40.7 Å². The zero-order valence-corrected chi connectivity index (χ0v) is 16.6. The number of carbonyl (C=O) groups excluding carboxylic acids is 2. The van der Waals surface area contributed by atoms with Crippen LogP contribution in [-0.2, 0) is 23.2 Å². The van der Waals surface area contributed by atoms with Crippen LogP contribution >= 0.6 is 0 Å². The van der Waals surface area contributed by atoms with Crippen LogP contribution in [0, 0.1) is 11.3 Å². The quantitative estimate of drug-likeness (QED) is 0.679. The van der Waals surface area contributed by atoms with Gasteiger partial charge >= 0.3 is 0 Å². The molecule has 0 fully saturated rings. The van der Waals surface area contributed by atoms with Gasteiger partial charge in [-0.25, -0.2) is 0 Å². The van der Waals surface area contributed by atoms with Gasteiger partial charge in [0.05, 0.1) is 6.54 Å². The molecule has 5 heteroatoms. The van der Waals surface area contributed by atoms with E-state index in [1.807, 2.05) is 55.6 Å². The Hall–Kier alpha value is -2.04. The Kier molecular flexibility index (Phi) is 7.46. The molecule has 25 heavy (non-hydrogen) atoms. The number of hydrogen-bond donors (Lipinski definition) is 0. The van der Waals surface area contributed by atoms with Gasteiger partial charge in [0.2, 0.25) is 11.8 Å². The van der Waals surface area contributed by atoms with E-state index in [-0.39, 0.29) is 18.4 Å². The number of rotatable bonds is 8. The molecule has 0 N–H and O–H groups in total. The van der Waals surface area contributed by atoms with Gasteiger partial charge in [-0.15, -0.1) is 6.58 Å². The molecule has 0 atom stereocenters. The lowest BCUT2D eigenvalue weighted by molar-refractivity contribution is -0.145. The maximum Gasteiger partial charge on any atom is 0.242 e. The predicted molar refractivity (Wildman–Crippen MR) is 102 cm³/mol.